The van der Waals surface area contributed by atoms with E-state index in [2.05, 4.69) is 5.32 Å². The van der Waals surface area contributed by atoms with Crippen LogP contribution in [0, 0.1) is 0 Å². The number of nitrogens with one attached hydrogen (secondary N) is 1. The molecule has 1 atom stereocenters. The van der Waals surface area contributed by atoms with Gasteiger partial charge in [-0.25, -0.2) is 8.42 Å². The maximum absolute atomic E-state index is 12.4. The Hall–Kier alpha value is -0.910. The Morgan fingerprint density at radius 1 is 1.33 bits per heavy atom. The SMILES string of the molecule is CCC(C)N(C)S(=O)(=O)c1ccc2c(c1)CNC2. The normalized spacial score (nSPS) is 16.9. The van der Waals surface area contributed by atoms with E-state index in [1.807, 2.05) is 19.9 Å². The molecule has 1 heterocycles. The van der Waals surface area contributed by atoms with Gasteiger partial charge in [-0.05, 0) is 36.6 Å². The summed E-state index contributed by atoms with van der Waals surface area (Å²) in [4.78, 5) is 0.396. The molecule has 5 heteroatoms. The van der Waals surface area contributed by atoms with Crippen molar-refractivity contribution >= 4 is 10.0 Å². The van der Waals surface area contributed by atoms with Gasteiger partial charge in [-0.3, -0.25) is 0 Å². The molecule has 1 aliphatic rings. The predicted molar refractivity (Wildman–Crippen MR) is 71.7 cm³/mol. The molecular formula is C13H20N2O2S. The fraction of sp³-hybridized carbons (Fsp3) is 0.538. The molecule has 18 heavy (non-hydrogen) atoms. The van der Waals surface area contributed by atoms with Crippen LogP contribution in [0.25, 0.3) is 0 Å². The lowest BCUT2D eigenvalue weighted by atomic mass is 10.1. The molecule has 1 aromatic rings. The minimum atomic E-state index is -3.37. The molecule has 0 aromatic heterocycles. The first kappa shape index (κ1) is 13.5. The molecule has 4 nitrogen and oxygen atoms in total. The summed E-state index contributed by atoms with van der Waals surface area (Å²) in [7, 11) is -1.72. The van der Waals surface area contributed by atoms with Gasteiger partial charge in [0.05, 0.1) is 4.90 Å². The van der Waals surface area contributed by atoms with Crippen LogP contribution >= 0.6 is 0 Å². The van der Waals surface area contributed by atoms with Gasteiger partial charge in [-0.1, -0.05) is 13.0 Å². The zero-order valence-corrected chi connectivity index (χ0v) is 11.9. The van der Waals surface area contributed by atoms with E-state index in [1.54, 1.807) is 19.2 Å². The van der Waals surface area contributed by atoms with E-state index in [9.17, 15) is 8.42 Å². The van der Waals surface area contributed by atoms with Crippen molar-refractivity contribution in [1.29, 1.82) is 0 Å². The van der Waals surface area contributed by atoms with Crippen molar-refractivity contribution in [2.45, 2.75) is 44.3 Å². The van der Waals surface area contributed by atoms with Crippen LogP contribution < -0.4 is 5.32 Å². The second kappa shape index (κ2) is 4.99. The van der Waals surface area contributed by atoms with Crippen LogP contribution in [0.2, 0.25) is 0 Å². The first-order valence-corrected chi connectivity index (χ1v) is 7.71. The van der Waals surface area contributed by atoms with Crippen LogP contribution in [0.15, 0.2) is 23.1 Å². The Bertz CT molecular complexity index is 540. The molecule has 1 N–H and O–H groups in total. The summed E-state index contributed by atoms with van der Waals surface area (Å²) >= 11 is 0. The molecule has 2 rings (SSSR count). The van der Waals surface area contributed by atoms with E-state index in [1.165, 1.54) is 9.87 Å². The van der Waals surface area contributed by atoms with Crippen LogP contribution in [0.3, 0.4) is 0 Å². The third-order valence-electron chi connectivity index (χ3n) is 3.70. The summed E-state index contributed by atoms with van der Waals surface area (Å²) in [6, 6.07) is 5.43. The number of hydrogen-bond donors (Lipinski definition) is 1. The average Bonchev–Trinajstić information content (AvgIpc) is 2.83. The van der Waals surface area contributed by atoms with Crippen molar-refractivity contribution in [2.24, 2.45) is 0 Å². The minimum absolute atomic E-state index is 0.0152. The Kier molecular flexibility index (Phi) is 3.75. The molecular weight excluding hydrogens is 248 g/mol. The number of fused-ring (bicyclic) bond motifs is 1. The zero-order chi connectivity index (χ0) is 13.3. The summed E-state index contributed by atoms with van der Waals surface area (Å²) in [6.45, 7) is 5.50. The van der Waals surface area contributed by atoms with E-state index in [0.717, 1.165) is 25.1 Å². The Morgan fingerprint density at radius 3 is 2.67 bits per heavy atom. The van der Waals surface area contributed by atoms with Crippen LogP contribution in [0.1, 0.15) is 31.4 Å². The maximum atomic E-state index is 12.4. The van der Waals surface area contributed by atoms with Gasteiger partial charge in [0.15, 0.2) is 0 Å². The van der Waals surface area contributed by atoms with Crippen LogP contribution in [-0.4, -0.2) is 25.8 Å². The molecule has 1 aromatic carbocycles. The highest BCUT2D eigenvalue weighted by Gasteiger charge is 2.25. The molecule has 0 saturated carbocycles. The molecule has 0 aliphatic carbocycles. The number of sulfonamides is 1. The highest BCUT2D eigenvalue weighted by Crippen LogP contribution is 2.23. The summed E-state index contributed by atoms with van der Waals surface area (Å²) in [5, 5.41) is 3.22. The first-order chi connectivity index (χ1) is 8.46. The van der Waals surface area contributed by atoms with Gasteiger partial charge in [-0.15, -0.1) is 0 Å². The molecule has 100 valence electrons. The largest absolute Gasteiger partial charge is 0.309 e. The van der Waals surface area contributed by atoms with Gasteiger partial charge in [0, 0.05) is 26.2 Å². The van der Waals surface area contributed by atoms with E-state index in [-0.39, 0.29) is 6.04 Å². The Labute approximate surface area is 109 Å². The standard InChI is InChI=1S/C13H20N2O2S/c1-4-10(2)15(3)18(16,17)13-6-5-11-8-14-9-12(11)7-13/h5-7,10,14H,4,8-9H2,1-3H3. The average molecular weight is 268 g/mol. The quantitative estimate of drug-likeness (QED) is 0.904. The van der Waals surface area contributed by atoms with Crippen molar-refractivity contribution in [3.63, 3.8) is 0 Å². The van der Waals surface area contributed by atoms with Crippen LogP contribution in [0.4, 0.5) is 0 Å². The molecule has 0 spiro atoms. The number of benzene rings is 1. The first-order valence-electron chi connectivity index (χ1n) is 6.27. The zero-order valence-electron chi connectivity index (χ0n) is 11.1. The van der Waals surface area contributed by atoms with Gasteiger partial charge in [-0.2, -0.15) is 4.31 Å². The second-order valence-electron chi connectivity index (χ2n) is 4.81. The van der Waals surface area contributed by atoms with Crippen molar-refractivity contribution in [2.75, 3.05) is 7.05 Å². The summed E-state index contributed by atoms with van der Waals surface area (Å²) < 4.78 is 26.3. The fourth-order valence-electron chi connectivity index (χ4n) is 2.09. The lowest BCUT2D eigenvalue weighted by Gasteiger charge is -2.23. The maximum Gasteiger partial charge on any atom is 0.243 e. The topological polar surface area (TPSA) is 49.4 Å². The highest BCUT2D eigenvalue weighted by molar-refractivity contribution is 7.89. The van der Waals surface area contributed by atoms with Crippen molar-refractivity contribution in [3.8, 4) is 0 Å². The van der Waals surface area contributed by atoms with Gasteiger partial charge in [0.25, 0.3) is 0 Å². The van der Waals surface area contributed by atoms with Crippen molar-refractivity contribution in [3.05, 3.63) is 29.3 Å². The monoisotopic (exact) mass is 268 g/mol. The molecule has 0 bridgehead atoms. The van der Waals surface area contributed by atoms with Crippen molar-refractivity contribution < 1.29 is 8.42 Å². The molecule has 0 fully saturated rings. The van der Waals surface area contributed by atoms with Crippen LogP contribution in [-0.2, 0) is 23.1 Å². The number of rotatable bonds is 4. The lowest BCUT2D eigenvalue weighted by Crippen LogP contribution is -2.34. The predicted octanol–water partition coefficient (Wildman–Crippen LogP) is 1.71. The third-order valence-corrected chi connectivity index (χ3v) is 5.66. The molecule has 1 aliphatic heterocycles. The van der Waals surface area contributed by atoms with Gasteiger partial charge < -0.3 is 5.32 Å². The van der Waals surface area contributed by atoms with Crippen molar-refractivity contribution in [1.82, 2.24) is 9.62 Å². The Morgan fingerprint density at radius 2 is 2.00 bits per heavy atom. The highest BCUT2D eigenvalue weighted by atomic mass is 32.2. The van der Waals surface area contributed by atoms with Crippen LogP contribution in [0.5, 0.6) is 0 Å². The van der Waals surface area contributed by atoms with Gasteiger partial charge in [0.2, 0.25) is 10.0 Å². The van der Waals surface area contributed by atoms with E-state index < -0.39 is 10.0 Å². The molecule has 0 amide bonds. The summed E-state index contributed by atoms with van der Waals surface area (Å²) in [5.74, 6) is 0. The third kappa shape index (κ3) is 2.30. The molecule has 0 radical (unpaired) electrons. The molecule has 1 unspecified atom stereocenters. The molecule has 0 saturated heterocycles. The smallest absolute Gasteiger partial charge is 0.243 e. The minimum Gasteiger partial charge on any atom is -0.309 e. The summed E-state index contributed by atoms with van der Waals surface area (Å²) in [5.41, 5.74) is 2.29. The number of hydrogen-bond acceptors (Lipinski definition) is 3. The van der Waals surface area contributed by atoms with Gasteiger partial charge >= 0.3 is 0 Å². The van der Waals surface area contributed by atoms with E-state index in [4.69, 9.17) is 0 Å². The Balaban J connectivity index is 2.36. The van der Waals surface area contributed by atoms with Gasteiger partial charge in [0.1, 0.15) is 0 Å². The fourth-order valence-corrected chi connectivity index (χ4v) is 3.58. The van der Waals surface area contributed by atoms with E-state index in [0.29, 0.717) is 4.90 Å². The second-order valence-corrected chi connectivity index (χ2v) is 6.81. The summed E-state index contributed by atoms with van der Waals surface area (Å²) in [6.07, 6.45) is 0.808. The number of nitrogens with zero attached hydrogens (tertiary/aromatic N) is 1. The van der Waals surface area contributed by atoms with E-state index >= 15 is 0 Å². The lowest BCUT2D eigenvalue weighted by molar-refractivity contribution is 0.380.